The molecule has 76 heavy (non-hydrogen) atoms. The number of carbonyl (C=O) groups is 4. The molecule has 18 heteroatoms. The van der Waals surface area contributed by atoms with E-state index in [-0.39, 0.29) is 83.2 Å². The molecule has 6 saturated carbocycles. The molecule has 8 aliphatic rings. The molecule has 0 spiro atoms. The van der Waals surface area contributed by atoms with Crippen LogP contribution < -0.4 is 0 Å². The molecule has 4 heterocycles. The number of aromatic nitrogens is 4. The topological polar surface area (TPSA) is 189 Å². The summed E-state index contributed by atoms with van der Waals surface area (Å²) in [6.07, 6.45) is 15.6. The Hall–Kier alpha value is -4.18. The number of aliphatic hydroxyl groups is 2. The van der Waals surface area contributed by atoms with Crippen LogP contribution in [0.4, 0.5) is 0 Å². The van der Waals surface area contributed by atoms with Gasteiger partial charge in [-0.3, -0.25) is 19.0 Å². The summed E-state index contributed by atoms with van der Waals surface area (Å²) in [6.45, 7) is 12.2. The molecule has 0 aromatic carbocycles. The number of ether oxygens (including phenoxy) is 2. The average molecular weight is 1120 g/mol. The van der Waals surface area contributed by atoms with Crippen molar-refractivity contribution in [2.24, 2.45) is 71.3 Å². The molecule has 8 aliphatic carbocycles. The number of fused-ring (bicyclic) bond motifs is 12. The van der Waals surface area contributed by atoms with Crippen LogP contribution >= 0.6 is 46.4 Å². The summed E-state index contributed by atoms with van der Waals surface area (Å²) < 4.78 is 26.7. The quantitative estimate of drug-likeness (QED) is 0.126. The van der Waals surface area contributed by atoms with Crippen LogP contribution in [0.15, 0.2) is 69.2 Å². The Kier molecular flexibility index (Phi) is 12.9. The molecule has 0 saturated heterocycles. The second-order valence-corrected chi connectivity index (χ2v) is 26.4. The molecule has 408 valence electrons. The Balaban J connectivity index is 0.000000162. The number of hydrogen-bond acceptors (Lipinski definition) is 12. The summed E-state index contributed by atoms with van der Waals surface area (Å²) in [6, 6.07) is 6.25. The van der Waals surface area contributed by atoms with Crippen LogP contribution in [0.25, 0.3) is 12.2 Å². The molecule has 0 aliphatic heterocycles. The maximum Gasteiger partial charge on any atom is 0.375 e. The lowest BCUT2D eigenvalue weighted by molar-refractivity contribution is -0.179. The second kappa shape index (κ2) is 18.2. The van der Waals surface area contributed by atoms with Crippen molar-refractivity contribution in [1.29, 1.82) is 0 Å². The number of aryl methyl sites for hydroxylation is 2. The van der Waals surface area contributed by atoms with Crippen LogP contribution in [0, 0.1) is 57.2 Å². The maximum atomic E-state index is 13.7. The lowest BCUT2D eigenvalue weighted by atomic mass is 9.44. The van der Waals surface area contributed by atoms with E-state index in [0.29, 0.717) is 25.7 Å². The predicted molar refractivity (Wildman–Crippen MR) is 286 cm³/mol. The third-order valence-electron chi connectivity index (χ3n) is 21.5. The van der Waals surface area contributed by atoms with Gasteiger partial charge in [0.15, 0.2) is 22.8 Å². The number of halogens is 4. The van der Waals surface area contributed by atoms with Gasteiger partial charge in [0.1, 0.15) is 0 Å². The average Bonchev–Trinajstić information content (AvgIpc) is 4.27. The largest absolute Gasteiger partial charge is 0.457 e. The predicted octanol–water partition coefficient (Wildman–Crippen LogP) is 10.4. The number of ketones is 2. The van der Waals surface area contributed by atoms with Crippen molar-refractivity contribution in [3.05, 3.63) is 94.4 Å². The number of allylic oxidation sites excluding steroid dienone is 2. The Morgan fingerprint density at radius 3 is 1.62 bits per heavy atom. The molecule has 6 fully saturated rings. The van der Waals surface area contributed by atoms with Crippen LogP contribution in [0.1, 0.15) is 137 Å². The molecule has 4 aromatic heterocycles. The van der Waals surface area contributed by atoms with Crippen LogP contribution in [-0.2, 0) is 46.0 Å². The molecule has 0 radical (unpaired) electrons. The van der Waals surface area contributed by atoms with E-state index in [9.17, 15) is 29.4 Å². The first-order valence-electron chi connectivity index (χ1n) is 26.8. The molecule has 14 nitrogen and oxygen atoms in total. The van der Waals surface area contributed by atoms with E-state index < -0.39 is 66.8 Å². The first-order chi connectivity index (χ1) is 35.9. The van der Waals surface area contributed by atoms with Gasteiger partial charge in [0, 0.05) is 53.8 Å². The third-order valence-corrected chi connectivity index (χ3v) is 23.9. The molecule has 2 N–H and O–H groups in total. The standard InChI is InChI=1S/2C29H34Cl2N2O5/c1-16-10-20-19-8-7-18-11-21-17(15-33(4)32-21)12-26(18,2)28(19,31)23(34)13-27(20,3)29(16,24(35)14-30)38-25(36)22-6-5-9-37-22;1-16-10-20-19-8-7-18-11-21-17(15-32-33(21)4)12-26(18,2)28(19,31)23(34)13-27(20,3)29(16,24(35)14-30)38-25(36)22-6-5-9-37-22/h2*5-6,9,11,15-16,19-20,23,34H,7-8,10,12-14H2,1-4H3/t2*16-,19+,20+,23+,26+,27+,28+,29+/m11/s1. The number of Topliss-reactive ketones (excluding diaryl/α,β-unsaturated/α-hetero) is 2. The molecule has 4 aromatic rings. The number of nitrogens with zero attached hydrogens (tertiary/aromatic N) is 4. The van der Waals surface area contributed by atoms with E-state index in [2.05, 4.69) is 36.2 Å². The van der Waals surface area contributed by atoms with Gasteiger partial charge in [0.2, 0.25) is 11.5 Å². The normalized spacial score (nSPS) is 41.4. The summed E-state index contributed by atoms with van der Waals surface area (Å²) in [5.41, 5.74) is 1.11. The van der Waals surface area contributed by atoms with Gasteiger partial charge in [-0.25, -0.2) is 9.59 Å². The zero-order chi connectivity index (χ0) is 54.5. The molecular formula is C58H68Cl4N4O10. The van der Waals surface area contributed by atoms with Gasteiger partial charge in [-0.1, -0.05) is 52.7 Å². The molecular weight excluding hydrogens is 1050 g/mol. The maximum absolute atomic E-state index is 13.7. The van der Waals surface area contributed by atoms with Crippen LogP contribution in [0.5, 0.6) is 0 Å². The van der Waals surface area contributed by atoms with Gasteiger partial charge in [-0.05, 0) is 135 Å². The number of hydrogen-bond donors (Lipinski definition) is 2. The fourth-order valence-electron chi connectivity index (χ4n) is 18.1. The highest BCUT2D eigenvalue weighted by molar-refractivity contribution is 6.30. The minimum atomic E-state index is -1.50. The van der Waals surface area contributed by atoms with E-state index >= 15 is 0 Å². The van der Waals surface area contributed by atoms with Gasteiger partial charge < -0.3 is 28.5 Å². The van der Waals surface area contributed by atoms with Crippen LogP contribution in [-0.4, -0.2) is 98.2 Å². The minimum absolute atomic E-state index is 0.0310. The number of alkyl halides is 4. The Labute approximate surface area is 463 Å². The number of carbonyl (C=O) groups excluding carboxylic acids is 4. The lowest BCUT2D eigenvalue weighted by Gasteiger charge is -2.64. The Bertz CT molecular complexity index is 3080. The van der Waals surface area contributed by atoms with Crippen molar-refractivity contribution in [2.45, 2.75) is 139 Å². The Morgan fingerprint density at radius 2 is 1.17 bits per heavy atom. The summed E-state index contributed by atoms with van der Waals surface area (Å²) in [5.74, 6) is -3.51. The van der Waals surface area contributed by atoms with Gasteiger partial charge in [0.05, 0.1) is 63.8 Å². The molecule has 0 amide bonds. The summed E-state index contributed by atoms with van der Waals surface area (Å²) in [7, 11) is 3.86. The highest BCUT2D eigenvalue weighted by atomic mass is 35.5. The summed E-state index contributed by atoms with van der Waals surface area (Å²) >= 11 is 27.8. The second-order valence-electron chi connectivity index (χ2n) is 24.7. The fourth-order valence-corrected chi connectivity index (χ4v) is 19.6. The van der Waals surface area contributed by atoms with Crippen molar-refractivity contribution >= 4 is 82.1 Å². The first kappa shape index (κ1) is 53.8. The van der Waals surface area contributed by atoms with Gasteiger partial charge in [0.25, 0.3) is 0 Å². The number of rotatable bonds is 8. The monoisotopic (exact) mass is 1120 g/mol. The number of aliphatic hydroxyl groups excluding tert-OH is 2. The zero-order valence-corrected chi connectivity index (χ0v) is 47.4. The van der Waals surface area contributed by atoms with Gasteiger partial charge in [-0.2, -0.15) is 10.2 Å². The summed E-state index contributed by atoms with van der Waals surface area (Å²) in [4.78, 5) is 52.0. The van der Waals surface area contributed by atoms with E-state index in [1.807, 2.05) is 63.5 Å². The number of furan rings is 2. The molecule has 12 rings (SSSR count). The van der Waals surface area contributed by atoms with Crippen molar-refractivity contribution in [1.82, 2.24) is 19.6 Å². The highest BCUT2D eigenvalue weighted by Crippen LogP contribution is 2.75. The molecule has 0 unspecified atom stereocenters. The van der Waals surface area contributed by atoms with Crippen molar-refractivity contribution < 1.29 is 47.7 Å². The van der Waals surface area contributed by atoms with E-state index in [1.54, 1.807) is 12.1 Å². The van der Waals surface area contributed by atoms with Gasteiger partial charge >= 0.3 is 11.9 Å². The smallest absolute Gasteiger partial charge is 0.375 e. The summed E-state index contributed by atoms with van der Waals surface area (Å²) in [5, 5.41) is 33.2. The molecule has 16 atom stereocenters. The van der Waals surface area contributed by atoms with E-state index in [0.717, 1.165) is 48.2 Å². The fraction of sp³-hybridized carbons (Fsp3) is 0.621. The first-order valence-corrected chi connectivity index (χ1v) is 28.6. The molecule has 0 bridgehead atoms. The van der Waals surface area contributed by atoms with Gasteiger partial charge in [-0.15, -0.1) is 46.4 Å². The van der Waals surface area contributed by atoms with Crippen molar-refractivity contribution in [3.63, 3.8) is 0 Å². The van der Waals surface area contributed by atoms with Crippen LogP contribution in [0.2, 0.25) is 0 Å². The zero-order valence-electron chi connectivity index (χ0n) is 44.3. The van der Waals surface area contributed by atoms with Crippen LogP contribution in [0.3, 0.4) is 0 Å². The van der Waals surface area contributed by atoms with E-state index in [4.69, 9.17) is 64.7 Å². The number of esters is 2. The van der Waals surface area contributed by atoms with Crippen molar-refractivity contribution in [3.8, 4) is 0 Å². The third kappa shape index (κ3) is 6.91. The Morgan fingerprint density at radius 1 is 0.711 bits per heavy atom. The lowest BCUT2D eigenvalue weighted by Crippen LogP contribution is -2.70. The SMILES string of the molecule is C[C@@H]1C[C@H]2[C@@H]3CCC4=Cc5c(cnn5C)C[C@]4(C)[C@@]3(Cl)[C@@H](O)C[C@]2(C)[C@@]1(OC(=O)c1ccco1)C(=O)CCl.C[C@@H]1C[C@H]2[C@@H]3CCC4=Cc5nn(C)cc5C[C@]4(C)[C@@]3(Cl)[C@@H](O)C[C@]2(C)[C@@]1(OC(=O)c1ccco1)C(=O)CCl. The highest BCUT2D eigenvalue weighted by Gasteiger charge is 2.78. The van der Waals surface area contributed by atoms with Crippen molar-refractivity contribution in [2.75, 3.05) is 11.8 Å². The van der Waals surface area contributed by atoms with E-state index in [1.165, 1.54) is 35.8 Å². The minimum Gasteiger partial charge on any atom is -0.457 e.